The van der Waals surface area contributed by atoms with Crippen LogP contribution in [0.4, 0.5) is 0 Å². The summed E-state index contributed by atoms with van der Waals surface area (Å²) in [5.41, 5.74) is -0.821. The van der Waals surface area contributed by atoms with Crippen LogP contribution in [0.5, 0.6) is 0 Å². The molecule has 0 aliphatic heterocycles. The van der Waals surface area contributed by atoms with Gasteiger partial charge in [-0.1, -0.05) is 61.2 Å². The molecule has 0 atom stereocenters. The van der Waals surface area contributed by atoms with Crippen LogP contribution in [0, 0.1) is 6.92 Å². The van der Waals surface area contributed by atoms with E-state index in [-0.39, 0.29) is 4.90 Å². The topological polar surface area (TPSA) is 85.1 Å². The molecule has 7 heteroatoms. The molecule has 6 nitrogen and oxygen atoms in total. The molecule has 1 aliphatic rings. The Balaban J connectivity index is 1.74. The van der Waals surface area contributed by atoms with Crippen molar-refractivity contribution in [3.63, 3.8) is 0 Å². The summed E-state index contributed by atoms with van der Waals surface area (Å²) in [6.45, 7) is 1.72. The fourth-order valence-electron chi connectivity index (χ4n) is 3.85. The Morgan fingerprint density at radius 2 is 1.70 bits per heavy atom. The summed E-state index contributed by atoms with van der Waals surface area (Å²) >= 11 is 0. The van der Waals surface area contributed by atoms with E-state index in [1.807, 2.05) is 30.3 Å². The van der Waals surface area contributed by atoms with Gasteiger partial charge in [0.25, 0.3) is 0 Å². The van der Waals surface area contributed by atoms with E-state index in [0.717, 1.165) is 36.5 Å². The first-order chi connectivity index (χ1) is 13.0. The molecule has 4 rings (SSSR count). The lowest BCUT2D eigenvalue weighted by Gasteiger charge is -2.30. The van der Waals surface area contributed by atoms with Crippen LogP contribution in [0.2, 0.25) is 0 Å². The molecule has 27 heavy (non-hydrogen) atoms. The van der Waals surface area contributed by atoms with Crippen molar-refractivity contribution >= 4 is 20.8 Å². The van der Waals surface area contributed by atoms with Gasteiger partial charge in [-0.25, -0.2) is 8.42 Å². The number of nitrogens with zero attached hydrogens (tertiary/aromatic N) is 2. The summed E-state index contributed by atoms with van der Waals surface area (Å²) in [5, 5.41) is 5.97. The first-order valence-electron chi connectivity index (χ1n) is 9.32. The first-order valence-corrected chi connectivity index (χ1v) is 10.8. The molecular formula is C20H23N3O3S. The van der Waals surface area contributed by atoms with Gasteiger partial charge in [-0.15, -0.1) is 0 Å². The van der Waals surface area contributed by atoms with Crippen LogP contribution in [-0.4, -0.2) is 18.6 Å². The van der Waals surface area contributed by atoms with Gasteiger partial charge >= 0.3 is 0 Å². The highest BCUT2D eigenvalue weighted by Gasteiger charge is 2.41. The SMILES string of the molecule is Cc1nc(C2(NS(=O)(=O)c3ccc4ccccc4c3)CCCCCC2)no1. The van der Waals surface area contributed by atoms with E-state index in [1.54, 1.807) is 19.1 Å². The zero-order chi connectivity index (χ0) is 18.9. The van der Waals surface area contributed by atoms with Gasteiger partial charge in [0, 0.05) is 6.92 Å². The third-order valence-electron chi connectivity index (χ3n) is 5.27. The van der Waals surface area contributed by atoms with Gasteiger partial charge in [0.05, 0.1) is 10.4 Å². The van der Waals surface area contributed by atoms with Crippen LogP contribution >= 0.6 is 0 Å². The number of aryl methyl sites for hydroxylation is 1. The smallest absolute Gasteiger partial charge is 0.241 e. The summed E-state index contributed by atoms with van der Waals surface area (Å²) in [5.74, 6) is 0.879. The van der Waals surface area contributed by atoms with Gasteiger partial charge in [-0.05, 0) is 35.7 Å². The number of fused-ring (bicyclic) bond motifs is 1. The lowest BCUT2D eigenvalue weighted by atomic mass is 9.91. The zero-order valence-electron chi connectivity index (χ0n) is 15.3. The van der Waals surface area contributed by atoms with Gasteiger partial charge in [0.1, 0.15) is 0 Å². The van der Waals surface area contributed by atoms with Crippen molar-refractivity contribution in [2.24, 2.45) is 0 Å². The lowest BCUT2D eigenvalue weighted by Crippen LogP contribution is -2.46. The van der Waals surface area contributed by atoms with Gasteiger partial charge in [-0.2, -0.15) is 9.71 Å². The maximum absolute atomic E-state index is 13.2. The van der Waals surface area contributed by atoms with Crippen molar-refractivity contribution in [3.05, 3.63) is 54.2 Å². The van der Waals surface area contributed by atoms with E-state index in [2.05, 4.69) is 14.9 Å². The van der Waals surface area contributed by atoms with E-state index in [9.17, 15) is 8.42 Å². The monoisotopic (exact) mass is 385 g/mol. The van der Waals surface area contributed by atoms with Crippen molar-refractivity contribution in [2.75, 3.05) is 0 Å². The highest BCUT2D eigenvalue weighted by atomic mass is 32.2. The summed E-state index contributed by atoms with van der Waals surface area (Å²) in [4.78, 5) is 4.63. The predicted molar refractivity (Wildman–Crippen MR) is 103 cm³/mol. The lowest BCUT2D eigenvalue weighted by molar-refractivity contribution is 0.301. The van der Waals surface area contributed by atoms with Crippen molar-refractivity contribution in [2.45, 2.75) is 55.9 Å². The Morgan fingerprint density at radius 3 is 2.37 bits per heavy atom. The molecule has 142 valence electrons. The van der Waals surface area contributed by atoms with Crippen LogP contribution < -0.4 is 4.72 Å². The maximum Gasteiger partial charge on any atom is 0.241 e. The van der Waals surface area contributed by atoms with Gasteiger partial charge in [0.2, 0.25) is 15.9 Å². The molecule has 1 heterocycles. The minimum Gasteiger partial charge on any atom is -0.340 e. The second-order valence-electron chi connectivity index (χ2n) is 7.25. The highest BCUT2D eigenvalue weighted by molar-refractivity contribution is 7.89. The Morgan fingerprint density at radius 1 is 1.00 bits per heavy atom. The van der Waals surface area contributed by atoms with Crippen LogP contribution in [0.3, 0.4) is 0 Å². The Bertz CT molecular complexity index is 1050. The molecular weight excluding hydrogens is 362 g/mol. The molecule has 1 N–H and O–H groups in total. The fourth-order valence-corrected chi connectivity index (χ4v) is 5.30. The number of nitrogens with one attached hydrogen (secondary N) is 1. The quantitative estimate of drug-likeness (QED) is 0.685. The standard InChI is InChI=1S/C20H23N3O3S/c1-15-21-19(22-26-15)20(12-6-2-3-7-13-20)23-27(24,25)18-11-10-16-8-4-5-9-17(16)14-18/h4-5,8-11,14,23H,2-3,6-7,12-13H2,1H3. The van der Waals surface area contributed by atoms with Crippen molar-refractivity contribution < 1.29 is 12.9 Å². The number of hydrogen-bond donors (Lipinski definition) is 1. The first kappa shape index (κ1) is 18.1. The fraction of sp³-hybridized carbons (Fsp3) is 0.400. The molecule has 0 amide bonds. The molecule has 1 aromatic heterocycles. The Labute approximate surface area is 159 Å². The molecule has 0 spiro atoms. The predicted octanol–water partition coefficient (Wildman–Crippen LogP) is 4.06. The van der Waals surface area contributed by atoms with Crippen LogP contribution in [-0.2, 0) is 15.6 Å². The summed E-state index contributed by atoms with van der Waals surface area (Å²) in [7, 11) is -3.74. The van der Waals surface area contributed by atoms with E-state index in [1.165, 1.54) is 0 Å². The minimum atomic E-state index is -3.74. The molecule has 0 saturated heterocycles. The number of rotatable bonds is 4. The maximum atomic E-state index is 13.2. The Hall–Kier alpha value is -2.25. The van der Waals surface area contributed by atoms with Gasteiger partial charge < -0.3 is 4.52 Å². The molecule has 0 bridgehead atoms. The second-order valence-corrected chi connectivity index (χ2v) is 8.93. The number of hydrogen-bond acceptors (Lipinski definition) is 5. The molecule has 1 aliphatic carbocycles. The highest BCUT2D eigenvalue weighted by Crippen LogP contribution is 2.36. The van der Waals surface area contributed by atoms with Crippen molar-refractivity contribution in [3.8, 4) is 0 Å². The van der Waals surface area contributed by atoms with Crippen molar-refractivity contribution in [1.82, 2.24) is 14.9 Å². The molecule has 3 aromatic rings. The third kappa shape index (κ3) is 3.61. The van der Waals surface area contributed by atoms with E-state index < -0.39 is 15.6 Å². The number of sulfonamides is 1. The molecule has 1 saturated carbocycles. The third-order valence-corrected chi connectivity index (χ3v) is 6.81. The largest absolute Gasteiger partial charge is 0.340 e. The minimum absolute atomic E-state index is 0.255. The average molecular weight is 385 g/mol. The molecule has 0 radical (unpaired) electrons. The zero-order valence-corrected chi connectivity index (χ0v) is 16.1. The summed E-state index contributed by atoms with van der Waals surface area (Å²) in [6, 6.07) is 12.9. The second kappa shape index (κ2) is 7.05. The van der Waals surface area contributed by atoms with E-state index in [0.29, 0.717) is 24.6 Å². The van der Waals surface area contributed by atoms with E-state index >= 15 is 0 Å². The van der Waals surface area contributed by atoms with Gasteiger partial charge in [0.15, 0.2) is 5.82 Å². The van der Waals surface area contributed by atoms with Gasteiger partial charge in [-0.3, -0.25) is 0 Å². The molecule has 2 aromatic carbocycles. The average Bonchev–Trinajstić information content (AvgIpc) is 2.97. The summed E-state index contributed by atoms with van der Waals surface area (Å²) < 4.78 is 34.6. The molecule has 1 fully saturated rings. The van der Waals surface area contributed by atoms with Crippen molar-refractivity contribution in [1.29, 1.82) is 0 Å². The number of benzene rings is 2. The van der Waals surface area contributed by atoms with Crippen LogP contribution in [0.1, 0.15) is 50.2 Å². The van der Waals surface area contributed by atoms with E-state index in [4.69, 9.17) is 4.52 Å². The normalized spacial score (nSPS) is 17.7. The summed E-state index contributed by atoms with van der Waals surface area (Å²) in [6.07, 6.45) is 5.34. The number of aromatic nitrogens is 2. The molecule has 0 unspecified atom stereocenters. The van der Waals surface area contributed by atoms with Crippen LogP contribution in [0.15, 0.2) is 51.9 Å². The van der Waals surface area contributed by atoms with Crippen LogP contribution in [0.25, 0.3) is 10.8 Å². The Kier molecular flexibility index (Phi) is 4.74.